The fraction of sp³-hybridized carbons (Fsp3) is 0.258. The molecule has 0 radical (unpaired) electrons. The lowest BCUT2D eigenvalue weighted by atomic mass is 10.2. The van der Waals surface area contributed by atoms with E-state index in [9.17, 15) is 9.59 Å². The van der Waals surface area contributed by atoms with E-state index in [1.54, 1.807) is 36.4 Å². The molecule has 4 aromatic rings. The van der Waals surface area contributed by atoms with Crippen molar-refractivity contribution in [2.45, 2.75) is 6.92 Å². The zero-order valence-corrected chi connectivity index (χ0v) is 24.2. The number of ether oxygens (including phenoxy) is 1. The molecular formula is C31H31Cl2N5O3. The van der Waals surface area contributed by atoms with Gasteiger partial charge in [-0.05, 0) is 43.3 Å². The van der Waals surface area contributed by atoms with Crippen molar-refractivity contribution < 1.29 is 14.3 Å². The molecule has 0 aliphatic carbocycles. The van der Waals surface area contributed by atoms with Crippen LogP contribution >= 0.6 is 23.2 Å². The quantitative estimate of drug-likeness (QED) is 0.275. The Hall–Kier alpha value is -3.69. The number of nitrogens with zero attached hydrogens (tertiary/aromatic N) is 4. The Morgan fingerprint density at radius 1 is 0.976 bits per heavy atom. The van der Waals surface area contributed by atoms with Crippen LogP contribution in [-0.2, 0) is 9.53 Å². The smallest absolute Gasteiger partial charge is 0.255 e. The highest BCUT2D eigenvalue weighted by molar-refractivity contribution is 6.33. The number of nitrogens with one attached hydrogen (secondary N) is 1. The first-order valence-electron chi connectivity index (χ1n) is 13.4. The SMILES string of the molecule is Cc1ccc(-n2cc(-c3ccc(Cl)cc3)nc2NC(=O)CN(CCN2CCOCC2)C(=O)c2ccccc2Cl)cc1. The number of carbonyl (C=O) groups excluding carboxylic acids is 2. The highest BCUT2D eigenvalue weighted by atomic mass is 35.5. The Kier molecular flexibility index (Phi) is 9.36. The summed E-state index contributed by atoms with van der Waals surface area (Å²) < 4.78 is 7.27. The minimum Gasteiger partial charge on any atom is -0.379 e. The van der Waals surface area contributed by atoms with Crippen LogP contribution in [0.2, 0.25) is 10.0 Å². The summed E-state index contributed by atoms with van der Waals surface area (Å²) in [5.74, 6) is -0.320. The molecule has 1 fully saturated rings. The topological polar surface area (TPSA) is 79.7 Å². The second-order valence-corrected chi connectivity index (χ2v) is 10.7. The molecule has 0 atom stereocenters. The number of carbonyl (C=O) groups is 2. The molecule has 1 aliphatic rings. The third-order valence-corrected chi connectivity index (χ3v) is 7.51. The van der Waals surface area contributed by atoms with Gasteiger partial charge in [0.05, 0.1) is 29.5 Å². The number of rotatable bonds is 9. The van der Waals surface area contributed by atoms with E-state index in [1.807, 2.05) is 54.1 Å². The van der Waals surface area contributed by atoms with Crippen LogP contribution in [0.5, 0.6) is 0 Å². The molecule has 0 spiro atoms. The highest BCUT2D eigenvalue weighted by Crippen LogP contribution is 2.26. The largest absolute Gasteiger partial charge is 0.379 e. The molecular weight excluding hydrogens is 561 g/mol. The zero-order chi connectivity index (χ0) is 28.8. The summed E-state index contributed by atoms with van der Waals surface area (Å²) in [4.78, 5) is 35.5. The maximum atomic E-state index is 13.5. The van der Waals surface area contributed by atoms with Gasteiger partial charge >= 0.3 is 0 Å². The van der Waals surface area contributed by atoms with Crippen LogP contribution in [0.3, 0.4) is 0 Å². The first-order chi connectivity index (χ1) is 19.9. The van der Waals surface area contributed by atoms with Gasteiger partial charge in [0.1, 0.15) is 6.54 Å². The molecule has 3 aromatic carbocycles. The number of amides is 2. The number of halogens is 2. The van der Waals surface area contributed by atoms with Gasteiger partial charge in [-0.2, -0.15) is 0 Å². The normalized spacial score (nSPS) is 13.6. The zero-order valence-electron chi connectivity index (χ0n) is 22.7. The lowest BCUT2D eigenvalue weighted by Gasteiger charge is -2.30. The second kappa shape index (κ2) is 13.3. The molecule has 1 aromatic heterocycles. The first-order valence-corrected chi connectivity index (χ1v) is 14.2. The van der Waals surface area contributed by atoms with Gasteiger partial charge in [0.15, 0.2) is 0 Å². The van der Waals surface area contributed by atoms with Crippen molar-refractivity contribution in [3.05, 3.63) is 100 Å². The van der Waals surface area contributed by atoms with E-state index >= 15 is 0 Å². The lowest BCUT2D eigenvalue weighted by molar-refractivity contribution is -0.117. The van der Waals surface area contributed by atoms with E-state index < -0.39 is 0 Å². The molecule has 1 aliphatic heterocycles. The van der Waals surface area contributed by atoms with E-state index in [1.165, 1.54) is 4.90 Å². The van der Waals surface area contributed by atoms with Crippen LogP contribution in [0, 0.1) is 6.92 Å². The molecule has 0 saturated carbocycles. The Labute approximate surface area is 249 Å². The van der Waals surface area contributed by atoms with Crippen molar-refractivity contribution in [3.8, 4) is 16.9 Å². The third kappa shape index (κ3) is 7.34. The van der Waals surface area contributed by atoms with Gasteiger partial charge < -0.3 is 9.64 Å². The first kappa shape index (κ1) is 28.8. The maximum absolute atomic E-state index is 13.5. The van der Waals surface area contributed by atoms with Crippen LogP contribution in [0.15, 0.2) is 79.0 Å². The van der Waals surface area contributed by atoms with Crippen LogP contribution in [0.25, 0.3) is 16.9 Å². The molecule has 0 unspecified atom stereocenters. The van der Waals surface area contributed by atoms with Gasteiger partial charge in [-0.25, -0.2) is 4.98 Å². The van der Waals surface area contributed by atoms with Gasteiger partial charge in [-0.3, -0.25) is 24.4 Å². The van der Waals surface area contributed by atoms with Crippen molar-refractivity contribution in [1.29, 1.82) is 0 Å². The van der Waals surface area contributed by atoms with Crippen molar-refractivity contribution in [2.24, 2.45) is 0 Å². The number of hydrogen-bond donors (Lipinski definition) is 1. The van der Waals surface area contributed by atoms with Gasteiger partial charge in [-0.15, -0.1) is 0 Å². The van der Waals surface area contributed by atoms with E-state index in [0.29, 0.717) is 53.6 Å². The van der Waals surface area contributed by atoms with E-state index in [0.717, 1.165) is 29.9 Å². The van der Waals surface area contributed by atoms with Crippen molar-refractivity contribution >= 4 is 41.0 Å². The molecule has 5 rings (SSSR count). The number of benzene rings is 3. The number of morpholine rings is 1. The number of anilines is 1. The van der Waals surface area contributed by atoms with E-state index in [4.69, 9.17) is 32.9 Å². The minimum absolute atomic E-state index is 0.161. The van der Waals surface area contributed by atoms with E-state index in [2.05, 4.69) is 10.2 Å². The van der Waals surface area contributed by atoms with Crippen LogP contribution in [0.1, 0.15) is 15.9 Å². The Morgan fingerprint density at radius 3 is 2.39 bits per heavy atom. The van der Waals surface area contributed by atoms with Gasteiger partial charge in [0.25, 0.3) is 5.91 Å². The Morgan fingerprint density at radius 2 is 1.68 bits per heavy atom. The van der Waals surface area contributed by atoms with Crippen LogP contribution in [0.4, 0.5) is 5.95 Å². The number of imidazole rings is 1. The summed E-state index contributed by atoms with van der Waals surface area (Å²) >= 11 is 12.4. The predicted molar refractivity (Wildman–Crippen MR) is 162 cm³/mol. The molecule has 10 heteroatoms. The molecule has 1 saturated heterocycles. The summed E-state index contributed by atoms with van der Waals surface area (Å²) in [6.07, 6.45) is 1.87. The fourth-order valence-corrected chi connectivity index (χ4v) is 4.95. The summed E-state index contributed by atoms with van der Waals surface area (Å²) in [5, 5.41) is 3.91. The van der Waals surface area contributed by atoms with Gasteiger partial charge in [-0.1, -0.05) is 65.2 Å². The number of aryl methyl sites for hydroxylation is 1. The minimum atomic E-state index is -0.367. The Bertz CT molecular complexity index is 1500. The van der Waals surface area contributed by atoms with Crippen LogP contribution < -0.4 is 5.32 Å². The maximum Gasteiger partial charge on any atom is 0.255 e. The Balaban J connectivity index is 1.39. The monoisotopic (exact) mass is 591 g/mol. The van der Waals surface area contributed by atoms with Crippen molar-refractivity contribution in [1.82, 2.24) is 19.4 Å². The molecule has 2 amide bonds. The summed E-state index contributed by atoms with van der Waals surface area (Å²) in [6, 6.07) is 22.2. The standard InChI is InChI=1S/C31H31Cl2N5O3/c1-22-6-12-25(13-7-22)38-20-28(23-8-10-24(32)11-9-23)34-31(38)35-29(39)21-37(15-14-36-16-18-41-19-17-36)30(40)26-4-2-3-5-27(26)33/h2-13,20H,14-19,21H2,1H3,(H,34,35,39). The number of aromatic nitrogens is 2. The molecule has 1 N–H and O–H groups in total. The average Bonchev–Trinajstić information content (AvgIpc) is 3.40. The van der Waals surface area contributed by atoms with Gasteiger partial charge in [0.2, 0.25) is 11.9 Å². The highest BCUT2D eigenvalue weighted by Gasteiger charge is 2.23. The molecule has 212 valence electrons. The molecule has 8 nitrogen and oxygen atoms in total. The van der Waals surface area contributed by atoms with Gasteiger partial charge in [0, 0.05) is 48.6 Å². The molecule has 41 heavy (non-hydrogen) atoms. The summed E-state index contributed by atoms with van der Waals surface area (Å²) in [5.41, 5.74) is 3.85. The summed E-state index contributed by atoms with van der Waals surface area (Å²) in [6.45, 7) is 5.69. The van der Waals surface area contributed by atoms with Crippen molar-refractivity contribution in [3.63, 3.8) is 0 Å². The van der Waals surface area contributed by atoms with E-state index in [-0.39, 0.29) is 18.4 Å². The molecule has 0 bridgehead atoms. The molecule has 2 heterocycles. The van der Waals surface area contributed by atoms with Crippen LogP contribution in [-0.4, -0.2) is 77.1 Å². The fourth-order valence-electron chi connectivity index (χ4n) is 4.61. The number of hydrogen-bond acceptors (Lipinski definition) is 5. The third-order valence-electron chi connectivity index (χ3n) is 6.93. The lowest BCUT2D eigenvalue weighted by Crippen LogP contribution is -2.45. The van der Waals surface area contributed by atoms with Crippen molar-refractivity contribution in [2.75, 3.05) is 51.3 Å². The summed E-state index contributed by atoms with van der Waals surface area (Å²) in [7, 11) is 0. The average molecular weight is 593 g/mol. The second-order valence-electron chi connectivity index (χ2n) is 9.87. The predicted octanol–water partition coefficient (Wildman–Crippen LogP) is 5.57.